The molecule has 0 rings (SSSR count). The van der Waals surface area contributed by atoms with Crippen molar-refractivity contribution >= 4 is 17.9 Å². The van der Waals surface area contributed by atoms with Gasteiger partial charge in [0.05, 0.1) is 34.4 Å². The van der Waals surface area contributed by atoms with Crippen LogP contribution in [0.1, 0.15) is 373 Å². The third kappa shape index (κ3) is 67.1. The van der Waals surface area contributed by atoms with E-state index in [1.54, 1.807) is 0 Å². The number of nitrogens with zero attached hydrogens (tertiary/aromatic N) is 1. The number of quaternary nitrogens is 1. The molecule has 0 heterocycles. The van der Waals surface area contributed by atoms with Gasteiger partial charge in [-0.25, -0.2) is 4.79 Å². The van der Waals surface area contributed by atoms with Crippen LogP contribution >= 0.6 is 0 Å². The van der Waals surface area contributed by atoms with Gasteiger partial charge < -0.3 is 28.5 Å². The summed E-state index contributed by atoms with van der Waals surface area (Å²) in [7, 11) is 5.99. The van der Waals surface area contributed by atoms with Crippen LogP contribution in [0.4, 0.5) is 0 Å². The van der Waals surface area contributed by atoms with Crippen molar-refractivity contribution in [2.75, 3.05) is 47.5 Å². The molecule has 0 aromatic carbocycles. The van der Waals surface area contributed by atoms with Crippen LogP contribution < -0.4 is 0 Å². The second-order valence-electron chi connectivity index (χ2n) is 26.3. The Labute approximate surface area is 516 Å². The van der Waals surface area contributed by atoms with Crippen molar-refractivity contribution in [3.05, 3.63) is 24.3 Å². The van der Waals surface area contributed by atoms with Gasteiger partial charge in [-0.1, -0.05) is 321 Å². The Balaban J connectivity index is 3.98. The first kappa shape index (κ1) is 80.8. The Kier molecular flexibility index (Phi) is 64.0. The van der Waals surface area contributed by atoms with Gasteiger partial charge in [-0.3, -0.25) is 9.59 Å². The molecule has 0 aromatic heterocycles. The van der Waals surface area contributed by atoms with E-state index in [0.29, 0.717) is 17.4 Å². The lowest BCUT2D eigenvalue weighted by Gasteiger charge is -2.25. The molecule has 0 fully saturated rings. The summed E-state index contributed by atoms with van der Waals surface area (Å²) in [5.74, 6) is -1.98. The van der Waals surface area contributed by atoms with Gasteiger partial charge in [-0.2, -0.15) is 0 Å². The fraction of sp³-hybridized carbons (Fsp3) is 0.905. The summed E-state index contributed by atoms with van der Waals surface area (Å²) < 4.78 is 23.0. The van der Waals surface area contributed by atoms with Crippen molar-refractivity contribution in [3.8, 4) is 0 Å². The van der Waals surface area contributed by atoms with Gasteiger partial charge in [-0.15, -0.1) is 0 Å². The number of carbonyl (C=O) groups excluding carboxylic acids is 2. The number of unbranched alkanes of at least 4 members (excludes halogenated alkanes) is 50. The van der Waals surface area contributed by atoms with Crippen LogP contribution in [0.25, 0.3) is 0 Å². The molecule has 0 saturated carbocycles. The van der Waals surface area contributed by atoms with Crippen molar-refractivity contribution in [2.45, 2.75) is 386 Å². The normalized spacial score (nSPS) is 12.7. The number of carboxylic acid groups (broad SMARTS) is 1. The van der Waals surface area contributed by atoms with Gasteiger partial charge in [-0.05, 0) is 64.2 Å². The number of rotatable bonds is 69. The van der Waals surface area contributed by atoms with E-state index in [-0.39, 0.29) is 38.2 Å². The topological polar surface area (TPSA) is 108 Å². The Bertz CT molecular complexity index is 1410. The highest BCUT2D eigenvalue weighted by Crippen LogP contribution is 2.19. The maximum absolute atomic E-state index is 12.9. The number of esters is 2. The standard InChI is InChI=1S/C74H141NO8/c1-6-8-10-12-14-16-18-20-22-24-26-28-29-30-31-32-33-34-35-36-37-38-39-40-41-42-43-45-47-49-51-53-55-57-59-61-63-65-72(77)83-70(69-82-74(73(78)79)80-67-66-75(3,4)5)68-81-71(76)64-62-60-58-56-54-52-50-48-46-44-27-25-23-21-19-17-15-13-11-9-7-2/h24-27,70,74H,6-23,28-69H2,1-5H3/p+1/b26-24-,27-25-. The van der Waals surface area contributed by atoms with Crippen LogP contribution in [0.5, 0.6) is 0 Å². The summed E-state index contributed by atoms with van der Waals surface area (Å²) in [6.07, 6.45) is 78.9. The van der Waals surface area contributed by atoms with E-state index in [4.69, 9.17) is 18.9 Å². The third-order valence-corrected chi connectivity index (χ3v) is 16.7. The van der Waals surface area contributed by atoms with Gasteiger partial charge in [0, 0.05) is 12.8 Å². The minimum atomic E-state index is -1.51. The van der Waals surface area contributed by atoms with Gasteiger partial charge in [0.2, 0.25) is 0 Å². The van der Waals surface area contributed by atoms with Gasteiger partial charge in [0.25, 0.3) is 6.29 Å². The number of likely N-dealkylation sites (N-methyl/N-ethyl adjacent to an activating group) is 1. The van der Waals surface area contributed by atoms with Gasteiger partial charge >= 0.3 is 17.9 Å². The van der Waals surface area contributed by atoms with Crippen LogP contribution in [0.3, 0.4) is 0 Å². The molecule has 83 heavy (non-hydrogen) atoms. The molecule has 0 aromatic rings. The summed E-state index contributed by atoms with van der Waals surface area (Å²) in [5.41, 5.74) is 0. The first-order valence-electron chi connectivity index (χ1n) is 36.5. The molecule has 0 amide bonds. The fourth-order valence-electron chi connectivity index (χ4n) is 11.1. The molecular formula is C74H142NO8+. The van der Waals surface area contributed by atoms with E-state index >= 15 is 0 Å². The van der Waals surface area contributed by atoms with Gasteiger partial charge in [0.15, 0.2) is 6.10 Å². The monoisotopic (exact) mass is 1170 g/mol. The van der Waals surface area contributed by atoms with Crippen molar-refractivity contribution in [1.82, 2.24) is 0 Å². The van der Waals surface area contributed by atoms with E-state index in [1.165, 1.54) is 308 Å². The average Bonchev–Trinajstić information content (AvgIpc) is 3.46. The van der Waals surface area contributed by atoms with Crippen molar-refractivity contribution in [1.29, 1.82) is 0 Å². The van der Waals surface area contributed by atoms with E-state index in [9.17, 15) is 19.5 Å². The Hall–Kier alpha value is -2.23. The number of aliphatic carboxylic acids is 1. The van der Waals surface area contributed by atoms with E-state index in [2.05, 4.69) is 38.2 Å². The van der Waals surface area contributed by atoms with E-state index in [0.717, 1.165) is 38.5 Å². The number of hydrogen-bond donors (Lipinski definition) is 1. The van der Waals surface area contributed by atoms with Gasteiger partial charge in [0.1, 0.15) is 13.2 Å². The van der Waals surface area contributed by atoms with Crippen molar-refractivity contribution in [2.24, 2.45) is 0 Å². The Morgan fingerprint density at radius 1 is 0.349 bits per heavy atom. The first-order valence-corrected chi connectivity index (χ1v) is 36.5. The molecule has 0 bridgehead atoms. The maximum atomic E-state index is 12.9. The lowest BCUT2D eigenvalue weighted by Crippen LogP contribution is -2.40. The number of carboxylic acids is 1. The largest absolute Gasteiger partial charge is 0.477 e. The smallest absolute Gasteiger partial charge is 0.361 e. The Morgan fingerprint density at radius 2 is 0.614 bits per heavy atom. The number of ether oxygens (including phenoxy) is 4. The SMILES string of the molecule is CCCCCCCCCC/C=C\CCCCCCCCCCCCCCCCCCCCCCCCCCCC(=O)OC(COC(=O)CCCCCCCCCCC/C=C\CCCCCCCCCC)COC(OCC[N+](C)(C)C)C(=O)O. The average molecular weight is 1170 g/mol. The molecular weight excluding hydrogens is 1030 g/mol. The van der Waals surface area contributed by atoms with Crippen LogP contribution in [0, 0.1) is 0 Å². The second-order valence-corrected chi connectivity index (χ2v) is 26.3. The number of carbonyl (C=O) groups is 3. The first-order chi connectivity index (χ1) is 40.6. The fourth-order valence-corrected chi connectivity index (χ4v) is 11.1. The summed E-state index contributed by atoms with van der Waals surface area (Å²) >= 11 is 0. The molecule has 2 atom stereocenters. The molecule has 9 heteroatoms. The van der Waals surface area contributed by atoms with Crippen LogP contribution in [-0.4, -0.2) is 87.4 Å². The molecule has 490 valence electrons. The zero-order valence-corrected chi connectivity index (χ0v) is 56.1. The molecule has 0 saturated heterocycles. The molecule has 0 aliphatic rings. The molecule has 0 aliphatic heterocycles. The lowest BCUT2D eigenvalue weighted by molar-refractivity contribution is -0.870. The molecule has 0 aliphatic carbocycles. The third-order valence-electron chi connectivity index (χ3n) is 16.7. The number of allylic oxidation sites excluding steroid dienone is 4. The zero-order valence-electron chi connectivity index (χ0n) is 56.1. The molecule has 9 nitrogen and oxygen atoms in total. The summed E-state index contributed by atoms with van der Waals surface area (Å²) in [6.45, 7) is 4.94. The summed E-state index contributed by atoms with van der Waals surface area (Å²) in [6, 6.07) is 0. The maximum Gasteiger partial charge on any atom is 0.361 e. The minimum Gasteiger partial charge on any atom is -0.477 e. The van der Waals surface area contributed by atoms with Crippen LogP contribution in [-0.2, 0) is 33.3 Å². The lowest BCUT2D eigenvalue weighted by atomic mass is 10.0. The predicted molar refractivity (Wildman–Crippen MR) is 355 cm³/mol. The van der Waals surface area contributed by atoms with Crippen molar-refractivity contribution < 1.29 is 42.9 Å². The van der Waals surface area contributed by atoms with Crippen molar-refractivity contribution in [3.63, 3.8) is 0 Å². The summed E-state index contributed by atoms with van der Waals surface area (Å²) in [5, 5.41) is 9.74. The zero-order chi connectivity index (χ0) is 60.5. The minimum absolute atomic E-state index is 0.177. The Morgan fingerprint density at radius 3 is 0.892 bits per heavy atom. The second kappa shape index (κ2) is 65.7. The molecule has 1 N–H and O–H groups in total. The van der Waals surface area contributed by atoms with Crippen LogP contribution in [0.15, 0.2) is 24.3 Å². The highest BCUT2D eigenvalue weighted by atomic mass is 16.7. The highest BCUT2D eigenvalue weighted by molar-refractivity contribution is 5.71. The molecule has 0 spiro atoms. The van der Waals surface area contributed by atoms with Crippen LogP contribution in [0.2, 0.25) is 0 Å². The van der Waals surface area contributed by atoms with E-state index < -0.39 is 18.4 Å². The summed E-state index contributed by atoms with van der Waals surface area (Å²) in [4.78, 5) is 37.6. The number of hydrogen-bond acceptors (Lipinski definition) is 7. The quantitative estimate of drug-likeness (QED) is 0.0211. The molecule has 0 radical (unpaired) electrons. The highest BCUT2D eigenvalue weighted by Gasteiger charge is 2.25. The molecule has 2 unspecified atom stereocenters. The predicted octanol–water partition coefficient (Wildman–Crippen LogP) is 22.6. The van der Waals surface area contributed by atoms with E-state index in [1.807, 2.05) is 21.1 Å².